The third-order valence-corrected chi connectivity index (χ3v) is 7.75. The van der Waals surface area contributed by atoms with Crippen molar-refractivity contribution in [1.29, 1.82) is 0 Å². The van der Waals surface area contributed by atoms with Crippen LogP contribution in [0.1, 0.15) is 42.3 Å². The standard InChI is InChI=1S/C28H35IN5O6P/c1-3-4-5-24-33-26-27(34(24)17-20-7-9-23(18(2)14-20)40-41(36,37)38)21-8-6-19(15-22(21)32-28(26)30)10-12-39-13-11-31-25(35)16-29/h6-9,14-15H,3-5,10-13,16-17H2,1-2H3,(H2,30,32)(H,31,35)(H2,36,37,38). The summed E-state index contributed by atoms with van der Waals surface area (Å²) in [5.41, 5.74) is 11.4. The van der Waals surface area contributed by atoms with Crippen LogP contribution in [0.25, 0.3) is 21.9 Å². The van der Waals surface area contributed by atoms with E-state index >= 15 is 0 Å². The molecular weight excluding hydrogens is 660 g/mol. The van der Waals surface area contributed by atoms with Gasteiger partial charge in [0.1, 0.15) is 17.1 Å². The second kappa shape index (κ2) is 13.9. The predicted octanol–water partition coefficient (Wildman–Crippen LogP) is 4.45. The lowest BCUT2D eigenvalue weighted by atomic mass is 10.1. The number of aryl methyl sites for hydroxylation is 2. The number of anilines is 1. The van der Waals surface area contributed by atoms with Crippen molar-refractivity contribution in [3.05, 3.63) is 58.9 Å². The predicted molar refractivity (Wildman–Crippen MR) is 167 cm³/mol. The summed E-state index contributed by atoms with van der Waals surface area (Å²) in [7, 11) is -4.65. The molecule has 220 valence electrons. The number of imidazole rings is 1. The molecule has 0 saturated heterocycles. The van der Waals surface area contributed by atoms with Gasteiger partial charge in [-0.05, 0) is 48.6 Å². The SMILES string of the molecule is CCCCc1nc2c(N)nc3cc(CCOCCNC(=O)CI)ccc3c2n1Cc1ccc(OP(=O)(O)O)c(C)c1. The molecule has 1 amide bonds. The second-order valence-electron chi connectivity index (χ2n) is 9.79. The minimum Gasteiger partial charge on any atom is -0.404 e. The Morgan fingerprint density at radius 3 is 2.61 bits per heavy atom. The average Bonchev–Trinajstić information content (AvgIpc) is 3.28. The van der Waals surface area contributed by atoms with Crippen molar-refractivity contribution in [3.8, 4) is 5.75 Å². The van der Waals surface area contributed by atoms with Crippen LogP contribution < -0.4 is 15.6 Å². The summed E-state index contributed by atoms with van der Waals surface area (Å²) in [5.74, 6) is 1.41. The Bertz CT molecular complexity index is 1590. The zero-order chi connectivity index (χ0) is 29.6. The first-order valence-electron chi connectivity index (χ1n) is 13.4. The minimum atomic E-state index is -4.65. The maximum atomic E-state index is 11.3. The highest BCUT2D eigenvalue weighted by molar-refractivity contribution is 14.1. The van der Waals surface area contributed by atoms with E-state index in [1.54, 1.807) is 19.1 Å². The number of nitrogens with two attached hydrogens (primary N) is 1. The molecule has 4 rings (SSSR count). The third kappa shape index (κ3) is 8.16. The topological polar surface area (TPSA) is 162 Å². The van der Waals surface area contributed by atoms with E-state index in [0.717, 1.165) is 52.6 Å². The number of carbonyl (C=O) groups is 1. The molecule has 41 heavy (non-hydrogen) atoms. The van der Waals surface area contributed by atoms with Crippen LogP contribution in [0.15, 0.2) is 36.4 Å². The fourth-order valence-corrected chi connectivity index (χ4v) is 5.41. The lowest BCUT2D eigenvalue weighted by Crippen LogP contribution is -2.28. The van der Waals surface area contributed by atoms with Gasteiger partial charge in [-0.3, -0.25) is 14.6 Å². The number of nitrogen functional groups attached to an aromatic ring is 1. The number of phosphoric ester groups is 1. The van der Waals surface area contributed by atoms with Crippen molar-refractivity contribution in [1.82, 2.24) is 19.9 Å². The molecule has 13 heteroatoms. The molecule has 0 radical (unpaired) electrons. The summed E-state index contributed by atoms with van der Waals surface area (Å²) < 4.78 is 24.4. The monoisotopic (exact) mass is 695 g/mol. The Kier molecular flexibility index (Phi) is 10.6. The summed E-state index contributed by atoms with van der Waals surface area (Å²) in [6.07, 6.45) is 3.45. The smallest absolute Gasteiger partial charge is 0.404 e. The molecule has 11 nitrogen and oxygen atoms in total. The number of halogens is 1. The highest BCUT2D eigenvalue weighted by atomic mass is 127. The summed E-state index contributed by atoms with van der Waals surface area (Å²) in [6, 6.07) is 11.4. The van der Waals surface area contributed by atoms with E-state index in [4.69, 9.17) is 20.0 Å². The van der Waals surface area contributed by atoms with Crippen LogP contribution in [0.3, 0.4) is 0 Å². The number of nitrogens with one attached hydrogen (secondary N) is 1. The van der Waals surface area contributed by atoms with Crippen LogP contribution in [-0.2, 0) is 33.5 Å². The van der Waals surface area contributed by atoms with Gasteiger partial charge in [0, 0.05) is 24.9 Å². The number of pyridine rings is 1. The van der Waals surface area contributed by atoms with E-state index in [0.29, 0.717) is 54.0 Å². The van der Waals surface area contributed by atoms with Crippen LogP contribution in [0, 0.1) is 6.92 Å². The number of amides is 1. The van der Waals surface area contributed by atoms with Crippen LogP contribution >= 0.6 is 30.4 Å². The van der Waals surface area contributed by atoms with Crippen molar-refractivity contribution in [3.63, 3.8) is 0 Å². The van der Waals surface area contributed by atoms with Crippen molar-refractivity contribution < 1.29 is 28.4 Å². The van der Waals surface area contributed by atoms with Crippen molar-refractivity contribution in [2.45, 2.75) is 46.1 Å². The van der Waals surface area contributed by atoms with Gasteiger partial charge in [-0.25, -0.2) is 14.5 Å². The fourth-order valence-electron chi connectivity index (χ4n) is 4.68. The fraction of sp³-hybridized carbons (Fsp3) is 0.393. The molecule has 0 atom stereocenters. The van der Waals surface area contributed by atoms with Gasteiger partial charge in [0.05, 0.1) is 28.7 Å². The Hall–Kier alpha value is -2.77. The summed E-state index contributed by atoms with van der Waals surface area (Å²) in [6.45, 7) is 5.83. The number of nitrogens with zero attached hydrogens (tertiary/aromatic N) is 3. The molecule has 0 aliphatic heterocycles. The summed E-state index contributed by atoms with van der Waals surface area (Å²) in [5, 5.41) is 3.73. The highest BCUT2D eigenvalue weighted by Gasteiger charge is 2.20. The normalized spacial score (nSPS) is 11.8. The molecule has 4 aromatic rings. The number of phosphoric acid groups is 1. The lowest BCUT2D eigenvalue weighted by molar-refractivity contribution is -0.118. The van der Waals surface area contributed by atoms with E-state index in [1.165, 1.54) is 0 Å². The van der Waals surface area contributed by atoms with Gasteiger partial charge in [-0.2, -0.15) is 0 Å². The van der Waals surface area contributed by atoms with Gasteiger partial charge in [-0.1, -0.05) is 60.2 Å². The first-order valence-corrected chi connectivity index (χ1v) is 16.5. The Morgan fingerprint density at radius 1 is 1.12 bits per heavy atom. The van der Waals surface area contributed by atoms with E-state index < -0.39 is 7.82 Å². The second-order valence-corrected chi connectivity index (χ2v) is 11.7. The van der Waals surface area contributed by atoms with Crippen LogP contribution in [0.2, 0.25) is 0 Å². The largest absolute Gasteiger partial charge is 0.524 e. The molecule has 0 spiro atoms. The number of aromatic nitrogens is 3. The molecule has 0 saturated carbocycles. The zero-order valence-electron chi connectivity index (χ0n) is 23.1. The van der Waals surface area contributed by atoms with Crippen molar-refractivity contribution in [2.75, 3.05) is 29.9 Å². The van der Waals surface area contributed by atoms with Crippen molar-refractivity contribution in [2.24, 2.45) is 0 Å². The zero-order valence-corrected chi connectivity index (χ0v) is 26.2. The number of benzene rings is 2. The van der Waals surface area contributed by atoms with Gasteiger partial charge >= 0.3 is 7.82 Å². The first kappa shape index (κ1) is 31.2. The number of ether oxygens (including phenoxy) is 1. The molecule has 5 N–H and O–H groups in total. The number of carbonyl (C=O) groups excluding carboxylic acids is 1. The molecule has 0 aliphatic carbocycles. The minimum absolute atomic E-state index is 0.00290. The number of hydrogen-bond acceptors (Lipinski definition) is 7. The summed E-state index contributed by atoms with van der Waals surface area (Å²) in [4.78, 5) is 39.3. The number of fused-ring (bicyclic) bond motifs is 3. The van der Waals surface area contributed by atoms with E-state index in [9.17, 15) is 19.1 Å². The van der Waals surface area contributed by atoms with Crippen LogP contribution in [-0.4, -0.2) is 54.4 Å². The molecular formula is C28H35IN5O6P. The molecule has 0 aliphatic rings. The number of unbranched alkanes of at least 4 members (excludes halogenated alkanes) is 1. The molecule has 0 bridgehead atoms. The number of rotatable bonds is 14. The Morgan fingerprint density at radius 2 is 1.90 bits per heavy atom. The van der Waals surface area contributed by atoms with Gasteiger partial charge < -0.3 is 24.9 Å². The van der Waals surface area contributed by atoms with Gasteiger partial charge in [-0.15, -0.1) is 0 Å². The maximum absolute atomic E-state index is 11.3. The van der Waals surface area contributed by atoms with Gasteiger partial charge in [0.2, 0.25) is 5.91 Å². The van der Waals surface area contributed by atoms with Gasteiger partial charge in [0.25, 0.3) is 0 Å². The quantitative estimate of drug-likeness (QED) is 0.0647. The van der Waals surface area contributed by atoms with E-state index in [-0.39, 0.29) is 11.7 Å². The molecule has 2 aromatic heterocycles. The van der Waals surface area contributed by atoms with E-state index in [2.05, 4.69) is 27.9 Å². The molecule has 0 fully saturated rings. The van der Waals surface area contributed by atoms with Gasteiger partial charge in [0.15, 0.2) is 5.82 Å². The first-order chi connectivity index (χ1) is 19.6. The summed E-state index contributed by atoms with van der Waals surface area (Å²) >= 11 is 2.02. The Balaban J connectivity index is 1.63. The molecule has 2 aromatic carbocycles. The highest BCUT2D eigenvalue weighted by Crippen LogP contribution is 2.39. The Labute approximate surface area is 252 Å². The maximum Gasteiger partial charge on any atom is 0.524 e. The van der Waals surface area contributed by atoms with Crippen LogP contribution in [0.4, 0.5) is 5.82 Å². The average molecular weight is 695 g/mol. The van der Waals surface area contributed by atoms with Crippen LogP contribution in [0.5, 0.6) is 5.75 Å². The van der Waals surface area contributed by atoms with Crippen molar-refractivity contribution >= 4 is 64.1 Å². The molecule has 2 heterocycles. The number of alkyl halides is 1. The third-order valence-electron chi connectivity index (χ3n) is 6.62. The van der Waals surface area contributed by atoms with E-state index in [1.807, 2.05) is 40.8 Å². The lowest BCUT2D eigenvalue weighted by Gasteiger charge is -2.14. The molecule has 0 unspecified atom stereocenters. The number of hydrogen-bond donors (Lipinski definition) is 4.